The third-order valence-corrected chi connectivity index (χ3v) is 5.10. The number of fused-ring (bicyclic) bond motifs is 1. The van der Waals surface area contributed by atoms with E-state index in [0.717, 1.165) is 57.0 Å². The van der Waals surface area contributed by atoms with Crippen molar-refractivity contribution in [1.29, 1.82) is 0 Å². The molecule has 0 amide bonds. The number of ether oxygens (including phenoxy) is 1. The number of benzene rings is 1. The largest absolute Gasteiger partial charge is 0.495 e. The van der Waals surface area contributed by atoms with Crippen molar-refractivity contribution in [1.82, 2.24) is 14.5 Å². The fourth-order valence-electron chi connectivity index (χ4n) is 3.31. The smallest absolute Gasteiger partial charge is 0.208 e. The molecule has 0 saturated heterocycles. The van der Waals surface area contributed by atoms with Gasteiger partial charge in [-0.25, -0.2) is 4.98 Å². The molecule has 1 N–H and O–H groups in total. The van der Waals surface area contributed by atoms with Gasteiger partial charge in [-0.3, -0.25) is 4.98 Å². The molecular formula is C21H25BrN4O. The van der Waals surface area contributed by atoms with Gasteiger partial charge in [0.05, 0.1) is 29.5 Å². The first-order valence-electron chi connectivity index (χ1n) is 9.12. The van der Waals surface area contributed by atoms with Gasteiger partial charge >= 0.3 is 0 Å². The standard InChI is InChI=1S/C21H25BrN4O/c1-6-8-14(7-2)19-20-16(9-10-23-19)24-21(26(20)4)25-18-13(3)11-15(22)12-17(18)27-5/h8-12H,6-7H2,1-5H3,(H,24,25)/b14-8-. The van der Waals surface area contributed by atoms with Crippen molar-refractivity contribution in [3.8, 4) is 5.75 Å². The Morgan fingerprint density at radius 1 is 1.33 bits per heavy atom. The van der Waals surface area contributed by atoms with Gasteiger partial charge in [0, 0.05) is 17.7 Å². The predicted molar refractivity (Wildman–Crippen MR) is 116 cm³/mol. The summed E-state index contributed by atoms with van der Waals surface area (Å²) >= 11 is 3.52. The fourth-order valence-corrected chi connectivity index (χ4v) is 3.86. The van der Waals surface area contributed by atoms with Crippen LogP contribution in [-0.2, 0) is 7.05 Å². The van der Waals surface area contributed by atoms with Crippen LogP contribution in [0.3, 0.4) is 0 Å². The molecule has 2 aromatic heterocycles. The normalized spacial score (nSPS) is 11.9. The number of imidazole rings is 1. The van der Waals surface area contributed by atoms with Crippen molar-refractivity contribution in [2.75, 3.05) is 12.4 Å². The molecule has 0 spiro atoms. The summed E-state index contributed by atoms with van der Waals surface area (Å²) in [4.78, 5) is 9.45. The Balaban J connectivity index is 2.13. The number of hydrogen-bond acceptors (Lipinski definition) is 4. The first-order chi connectivity index (χ1) is 13.0. The maximum atomic E-state index is 5.55. The summed E-state index contributed by atoms with van der Waals surface area (Å²) in [7, 11) is 3.69. The van der Waals surface area contributed by atoms with Crippen molar-refractivity contribution in [3.05, 3.63) is 46.2 Å². The van der Waals surface area contributed by atoms with Crippen LogP contribution in [0.25, 0.3) is 16.6 Å². The molecule has 0 aliphatic rings. The minimum absolute atomic E-state index is 0.759. The van der Waals surface area contributed by atoms with Gasteiger partial charge in [0.25, 0.3) is 0 Å². The third kappa shape index (κ3) is 3.72. The number of hydrogen-bond donors (Lipinski definition) is 1. The zero-order valence-electron chi connectivity index (χ0n) is 16.4. The van der Waals surface area contributed by atoms with Crippen LogP contribution in [0, 0.1) is 6.92 Å². The number of nitrogens with one attached hydrogen (secondary N) is 1. The van der Waals surface area contributed by atoms with E-state index in [-0.39, 0.29) is 0 Å². The van der Waals surface area contributed by atoms with Crippen LogP contribution in [0.15, 0.2) is 34.9 Å². The number of aryl methyl sites for hydroxylation is 2. The second-order valence-corrected chi connectivity index (χ2v) is 7.35. The SMILES string of the molecule is CC/C=C(/CC)c1nccc2nc(Nc3c(C)cc(Br)cc3OC)n(C)c12. The summed E-state index contributed by atoms with van der Waals surface area (Å²) in [5.74, 6) is 1.53. The Hall–Kier alpha value is -2.34. The van der Waals surface area contributed by atoms with Crippen molar-refractivity contribution in [3.63, 3.8) is 0 Å². The van der Waals surface area contributed by atoms with Crippen molar-refractivity contribution < 1.29 is 4.74 Å². The van der Waals surface area contributed by atoms with Crippen LogP contribution in [0.1, 0.15) is 37.9 Å². The summed E-state index contributed by atoms with van der Waals surface area (Å²) < 4.78 is 8.60. The highest BCUT2D eigenvalue weighted by atomic mass is 79.9. The van der Waals surface area contributed by atoms with E-state index < -0.39 is 0 Å². The zero-order chi connectivity index (χ0) is 19.6. The maximum Gasteiger partial charge on any atom is 0.208 e. The van der Waals surface area contributed by atoms with E-state index in [4.69, 9.17) is 9.72 Å². The molecule has 142 valence electrons. The lowest BCUT2D eigenvalue weighted by Gasteiger charge is -2.14. The number of allylic oxidation sites excluding steroid dienone is 2. The predicted octanol–water partition coefficient (Wildman–Crippen LogP) is 5.99. The van der Waals surface area contributed by atoms with Crippen LogP contribution in [0.2, 0.25) is 0 Å². The van der Waals surface area contributed by atoms with Crippen LogP contribution in [0.5, 0.6) is 5.75 Å². The Bertz CT molecular complexity index is 1010. The summed E-state index contributed by atoms with van der Waals surface area (Å²) in [5.41, 5.74) is 6.19. The number of nitrogens with zero attached hydrogens (tertiary/aromatic N) is 3. The quantitative estimate of drug-likeness (QED) is 0.523. The Morgan fingerprint density at radius 2 is 2.11 bits per heavy atom. The molecule has 1 aromatic carbocycles. The van der Waals surface area contributed by atoms with Gasteiger partial charge in [-0.05, 0) is 49.1 Å². The average molecular weight is 429 g/mol. The van der Waals surface area contributed by atoms with E-state index in [9.17, 15) is 0 Å². The van der Waals surface area contributed by atoms with E-state index in [2.05, 4.69) is 56.8 Å². The molecule has 2 heterocycles. The fraction of sp³-hybridized carbons (Fsp3) is 0.333. The molecule has 3 aromatic rings. The van der Waals surface area contributed by atoms with Gasteiger partial charge in [-0.15, -0.1) is 0 Å². The average Bonchev–Trinajstić information content (AvgIpc) is 2.97. The lowest BCUT2D eigenvalue weighted by atomic mass is 10.1. The van der Waals surface area contributed by atoms with E-state index in [1.807, 2.05) is 32.3 Å². The molecule has 0 radical (unpaired) electrons. The van der Waals surface area contributed by atoms with Gasteiger partial charge in [-0.2, -0.15) is 0 Å². The molecule has 3 rings (SSSR count). The molecule has 0 aliphatic carbocycles. The number of methoxy groups -OCH3 is 1. The molecular weight excluding hydrogens is 404 g/mol. The zero-order valence-corrected chi connectivity index (χ0v) is 18.0. The van der Waals surface area contributed by atoms with E-state index in [1.54, 1.807) is 7.11 Å². The van der Waals surface area contributed by atoms with Crippen molar-refractivity contribution in [2.45, 2.75) is 33.6 Å². The first kappa shape index (κ1) is 19.4. The van der Waals surface area contributed by atoms with Crippen LogP contribution >= 0.6 is 15.9 Å². The molecule has 0 bridgehead atoms. The van der Waals surface area contributed by atoms with E-state index >= 15 is 0 Å². The minimum Gasteiger partial charge on any atom is -0.495 e. The lowest BCUT2D eigenvalue weighted by Crippen LogP contribution is -2.03. The summed E-state index contributed by atoms with van der Waals surface area (Å²) in [6, 6.07) is 5.96. The summed E-state index contributed by atoms with van der Waals surface area (Å²) in [6.07, 6.45) is 6.00. The highest BCUT2D eigenvalue weighted by Gasteiger charge is 2.17. The van der Waals surface area contributed by atoms with E-state index in [0.29, 0.717) is 0 Å². The number of aromatic nitrogens is 3. The van der Waals surface area contributed by atoms with Crippen LogP contribution in [0.4, 0.5) is 11.6 Å². The highest BCUT2D eigenvalue weighted by Crippen LogP contribution is 2.35. The maximum absolute atomic E-state index is 5.55. The van der Waals surface area contributed by atoms with Crippen molar-refractivity contribution >= 4 is 44.2 Å². The van der Waals surface area contributed by atoms with Gasteiger partial charge in [0.2, 0.25) is 5.95 Å². The second-order valence-electron chi connectivity index (χ2n) is 6.44. The molecule has 6 heteroatoms. The molecule has 0 unspecified atom stereocenters. The van der Waals surface area contributed by atoms with Crippen molar-refractivity contribution in [2.24, 2.45) is 7.05 Å². The van der Waals surface area contributed by atoms with Crippen LogP contribution < -0.4 is 10.1 Å². The molecule has 0 saturated carbocycles. The second kappa shape index (κ2) is 8.13. The number of pyridine rings is 1. The lowest BCUT2D eigenvalue weighted by molar-refractivity contribution is 0.416. The number of anilines is 2. The molecule has 0 atom stereocenters. The molecule has 27 heavy (non-hydrogen) atoms. The third-order valence-electron chi connectivity index (χ3n) is 4.64. The first-order valence-corrected chi connectivity index (χ1v) is 9.91. The molecule has 0 fully saturated rings. The topological polar surface area (TPSA) is 52.0 Å². The van der Waals surface area contributed by atoms with Crippen LogP contribution in [-0.4, -0.2) is 21.6 Å². The number of rotatable bonds is 6. The minimum atomic E-state index is 0.759. The van der Waals surface area contributed by atoms with Gasteiger partial charge in [0.15, 0.2) is 0 Å². The summed E-state index contributed by atoms with van der Waals surface area (Å²) in [5, 5.41) is 3.45. The Labute approximate surface area is 168 Å². The molecule has 5 nitrogen and oxygen atoms in total. The number of halogens is 1. The van der Waals surface area contributed by atoms with Gasteiger partial charge in [-0.1, -0.05) is 35.9 Å². The van der Waals surface area contributed by atoms with E-state index in [1.165, 1.54) is 5.57 Å². The molecule has 0 aliphatic heterocycles. The Kier molecular flexibility index (Phi) is 5.85. The summed E-state index contributed by atoms with van der Waals surface area (Å²) in [6.45, 7) is 6.35. The Morgan fingerprint density at radius 3 is 2.78 bits per heavy atom. The van der Waals surface area contributed by atoms with Gasteiger partial charge in [0.1, 0.15) is 5.75 Å². The van der Waals surface area contributed by atoms with Gasteiger partial charge < -0.3 is 14.6 Å². The monoisotopic (exact) mass is 428 g/mol. The highest BCUT2D eigenvalue weighted by molar-refractivity contribution is 9.10.